The Kier molecular flexibility index (Phi) is 4.40. The van der Waals surface area contributed by atoms with Crippen LogP contribution in [0.1, 0.15) is 31.9 Å². The molecule has 2 heterocycles. The Morgan fingerprint density at radius 1 is 1.07 bits per heavy atom. The van der Waals surface area contributed by atoms with Gasteiger partial charge in [0.05, 0.1) is 0 Å². The molecule has 1 atom stereocenters. The van der Waals surface area contributed by atoms with Gasteiger partial charge in [-0.25, -0.2) is 4.98 Å². The molecule has 0 amide bonds. The molecule has 0 spiro atoms. The molecule has 2 aromatic carbocycles. The van der Waals surface area contributed by atoms with Crippen molar-refractivity contribution in [1.82, 2.24) is 9.55 Å². The molecule has 0 aliphatic rings. The van der Waals surface area contributed by atoms with Gasteiger partial charge in [0, 0.05) is 21.7 Å². The monoisotopic (exact) mass is 376 g/mol. The van der Waals surface area contributed by atoms with E-state index in [1.807, 2.05) is 63.2 Å². The lowest BCUT2D eigenvalue weighted by atomic mass is 10.1. The molecule has 4 nitrogen and oxygen atoms in total. The van der Waals surface area contributed by atoms with E-state index in [-0.39, 0.29) is 22.4 Å². The average Bonchev–Trinajstić information content (AvgIpc) is 2.68. The van der Waals surface area contributed by atoms with Gasteiger partial charge in [-0.15, -0.1) is 11.3 Å². The van der Waals surface area contributed by atoms with E-state index in [1.165, 1.54) is 11.3 Å². The molecule has 0 aliphatic carbocycles. The quantitative estimate of drug-likeness (QED) is 0.477. The second-order valence-corrected chi connectivity index (χ2v) is 7.87. The molecule has 136 valence electrons. The van der Waals surface area contributed by atoms with E-state index in [4.69, 9.17) is 4.98 Å². The van der Waals surface area contributed by atoms with Gasteiger partial charge < -0.3 is 0 Å². The summed E-state index contributed by atoms with van der Waals surface area (Å²) in [6.07, 6.45) is 0.775. The highest BCUT2D eigenvalue weighted by Crippen LogP contribution is 2.27. The van der Waals surface area contributed by atoms with Gasteiger partial charge in [0.25, 0.3) is 5.56 Å². The van der Waals surface area contributed by atoms with Crippen LogP contribution >= 0.6 is 11.3 Å². The predicted octanol–water partition coefficient (Wildman–Crippen LogP) is 4.92. The molecule has 4 rings (SSSR count). The summed E-state index contributed by atoms with van der Waals surface area (Å²) < 4.78 is 2.52. The molecule has 0 unspecified atom stereocenters. The van der Waals surface area contributed by atoms with E-state index in [0.717, 1.165) is 22.2 Å². The number of aromatic nitrogens is 2. The summed E-state index contributed by atoms with van der Waals surface area (Å²) in [6.45, 7) is 6.04. The molecule has 0 saturated carbocycles. The number of hydrogen-bond acceptors (Lipinski definition) is 4. The Bertz CT molecular complexity index is 1270. The summed E-state index contributed by atoms with van der Waals surface area (Å²) in [6, 6.07) is 15.3. The first-order valence-corrected chi connectivity index (χ1v) is 9.88. The molecule has 2 aromatic heterocycles. The third-order valence-electron chi connectivity index (χ3n) is 4.99. The standard InChI is InChI=1S/C22H20N2O2S/c1-4-14(3)24-20(15-11-9-13(2)10-12-15)23-21-18(22(24)26)19(25)16-7-5-6-8-17(16)27-21/h5-12,14H,4H2,1-3H3/t14-/m0/s1. The lowest BCUT2D eigenvalue weighted by Gasteiger charge is -2.18. The van der Waals surface area contributed by atoms with Crippen LogP contribution in [0.4, 0.5) is 0 Å². The highest BCUT2D eigenvalue weighted by molar-refractivity contribution is 7.24. The maximum atomic E-state index is 13.4. The Morgan fingerprint density at radius 2 is 1.78 bits per heavy atom. The minimum Gasteiger partial charge on any atom is -0.289 e. The highest BCUT2D eigenvalue weighted by atomic mass is 32.1. The van der Waals surface area contributed by atoms with Gasteiger partial charge in [0.1, 0.15) is 16.0 Å². The van der Waals surface area contributed by atoms with Gasteiger partial charge >= 0.3 is 0 Å². The average molecular weight is 376 g/mol. The summed E-state index contributed by atoms with van der Waals surface area (Å²) in [5.74, 6) is 0.618. The van der Waals surface area contributed by atoms with Crippen LogP contribution in [0.2, 0.25) is 0 Å². The fourth-order valence-corrected chi connectivity index (χ4v) is 4.30. The maximum Gasteiger partial charge on any atom is 0.266 e. The molecule has 0 radical (unpaired) electrons. The number of fused-ring (bicyclic) bond motifs is 2. The van der Waals surface area contributed by atoms with Gasteiger partial charge in [-0.1, -0.05) is 48.9 Å². The van der Waals surface area contributed by atoms with Crippen molar-refractivity contribution in [3.05, 3.63) is 74.7 Å². The second-order valence-electron chi connectivity index (χ2n) is 6.84. The summed E-state index contributed by atoms with van der Waals surface area (Å²) in [7, 11) is 0. The summed E-state index contributed by atoms with van der Waals surface area (Å²) in [5.41, 5.74) is 1.54. The molecule has 4 aromatic rings. The molecular formula is C22H20N2O2S. The first-order valence-electron chi connectivity index (χ1n) is 9.06. The van der Waals surface area contributed by atoms with Crippen LogP contribution in [0.15, 0.2) is 58.1 Å². The van der Waals surface area contributed by atoms with E-state index >= 15 is 0 Å². The van der Waals surface area contributed by atoms with Crippen LogP contribution < -0.4 is 11.0 Å². The first kappa shape index (κ1) is 17.6. The Hall–Kier alpha value is -2.79. The summed E-state index contributed by atoms with van der Waals surface area (Å²) in [4.78, 5) is 31.7. The van der Waals surface area contributed by atoms with Crippen molar-refractivity contribution in [2.75, 3.05) is 0 Å². The topological polar surface area (TPSA) is 52.0 Å². The van der Waals surface area contributed by atoms with Crippen molar-refractivity contribution in [2.45, 2.75) is 33.2 Å². The third kappa shape index (κ3) is 2.88. The van der Waals surface area contributed by atoms with Gasteiger partial charge in [-0.05, 0) is 32.4 Å². The molecular weight excluding hydrogens is 356 g/mol. The fraction of sp³-hybridized carbons (Fsp3) is 0.227. The van der Waals surface area contributed by atoms with E-state index in [9.17, 15) is 9.59 Å². The summed E-state index contributed by atoms with van der Waals surface area (Å²) in [5, 5.41) is 0.766. The number of nitrogens with zero attached hydrogens (tertiary/aromatic N) is 2. The van der Waals surface area contributed by atoms with Gasteiger partial charge in [-0.3, -0.25) is 14.2 Å². The second kappa shape index (κ2) is 6.74. The molecule has 0 aliphatic heterocycles. The molecule has 27 heavy (non-hydrogen) atoms. The van der Waals surface area contributed by atoms with Crippen LogP contribution in [0, 0.1) is 6.92 Å². The summed E-state index contributed by atoms with van der Waals surface area (Å²) >= 11 is 1.40. The zero-order chi connectivity index (χ0) is 19.1. The lowest BCUT2D eigenvalue weighted by Crippen LogP contribution is -2.29. The number of benzene rings is 2. The van der Waals surface area contributed by atoms with Crippen molar-refractivity contribution < 1.29 is 0 Å². The molecule has 0 bridgehead atoms. The smallest absolute Gasteiger partial charge is 0.266 e. The van der Waals surface area contributed by atoms with Crippen LogP contribution in [-0.4, -0.2) is 9.55 Å². The van der Waals surface area contributed by atoms with Crippen LogP contribution in [0.3, 0.4) is 0 Å². The first-order chi connectivity index (χ1) is 13.0. The molecule has 0 saturated heterocycles. The zero-order valence-corrected chi connectivity index (χ0v) is 16.3. The Labute approximate surface area is 160 Å². The van der Waals surface area contributed by atoms with Crippen LogP contribution in [0.5, 0.6) is 0 Å². The Balaban J connectivity index is 2.17. The number of rotatable bonds is 3. The Morgan fingerprint density at radius 3 is 2.48 bits per heavy atom. The third-order valence-corrected chi connectivity index (χ3v) is 6.05. The van der Waals surface area contributed by atoms with Crippen LogP contribution in [-0.2, 0) is 0 Å². The largest absolute Gasteiger partial charge is 0.289 e. The number of hydrogen-bond donors (Lipinski definition) is 0. The minimum atomic E-state index is -0.253. The SMILES string of the molecule is CC[C@H](C)n1c(-c2ccc(C)cc2)nc2sc3ccccc3c(=O)c2c1=O. The van der Waals surface area contributed by atoms with Gasteiger partial charge in [-0.2, -0.15) is 0 Å². The van der Waals surface area contributed by atoms with Gasteiger partial charge in [0.15, 0.2) is 0 Å². The van der Waals surface area contributed by atoms with E-state index < -0.39 is 0 Å². The van der Waals surface area contributed by atoms with E-state index in [1.54, 1.807) is 10.6 Å². The van der Waals surface area contributed by atoms with Crippen molar-refractivity contribution in [1.29, 1.82) is 0 Å². The predicted molar refractivity (Wildman–Crippen MR) is 113 cm³/mol. The van der Waals surface area contributed by atoms with E-state index in [2.05, 4.69) is 0 Å². The lowest BCUT2D eigenvalue weighted by molar-refractivity contribution is 0.517. The van der Waals surface area contributed by atoms with E-state index in [0.29, 0.717) is 16.0 Å². The van der Waals surface area contributed by atoms with Crippen molar-refractivity contribution in [3.63, 3.8) is 0 Å². The molecule has 0 fully saturated rings. The zero-order valence-electron chi connectivity index (χ0n) is 15.5. The normalized spacial score (nSPS) is 12.6. The van der Waals surface area contributed by atoms with Crippen LogP contribution in [0.25, 0.3) is 31.7 Å². The number of aryl methyl sites for hydroxylation is 1. The van der Waals surface area contributed by atoms with Crippen molar-refractivity contribution >= 4 is 31.6 Å². The fourth-order valence-electron chi connectivity index (χ4n) is 3.26. The van der Waals surface area contributed by atoms with Crippen molar-refractivity contribution in [3.8, 4) is 11.4 Å². The molecule has 5 heteroatoms. The van der Waals surface area contributed by atoms with Gasteiger partial charge in [0.2, 0.25) is 5.43 Å². The molecule has 0 N–H and O–H groups in total. The van der Waals surface area contributed by atoms with Crippen molar-refractivity contribution in [2.24, 2.45) is 0 Å². The minimum absolute atomic E-state index is 0.0541. The highest BCUT2D eigenvalue weighted by Gasteiger charge is 2.20. The maximum absolute atomic E-state index is 13.4.